The van der Waals surface area contributed by atoms with E-state index in [1.807, 2.05) is 25.7 Å². The number of carbonyl (C=O) groups excluding carboxylic acids is 2. The quantitative estimate of drug-likeness (QED) is 0.821. The minimum absolute atomic E-state index is 0.0696. The van der Waals surface area contributed by atoms with Crippen molar-refractivity contribution < 1.29 is 9.59 Å². The molecule has 100 valence electrons. The molecule has 0 aromatic carbocycles. The lowest BCUT2D eigenvalue weighted by atomic mass is 9.87. The van der Waals surface area contributed by atoms with Gasteiger partial charge in [-0.2, -0.15) is 0 Å². The summed E-state index contributed by atoms with van der Waals surface area (Å²) in [5, 5.41) is 3.03. The molecule has 2 saturated carbocycles. The lowest BCUT2D eigenvalue weighted by molar-refractivity contribution is -0.158. The maximum atomic E-state index is 12.8. The molecule has 1 N–H and O–H groups in total. The first-order valence-electron chi connectivity index (χ1n) is 7.10. The summed E-state index contributed by atoms with van der Waals surface area (Å²) in [4.78, 5) is 27.0. The van der Waals surface area contributed by atoms with Crippen molar-refractivity contribution in [3.8, 4) is 0 Å². The van der Waals surface area contributed by atoms with Crippen molar-refractivity contribution in [1.29, 1.82) is 0 Å². The van der Waals surface area contributed by atoms with Gasteiger partial charge in [-0.3, -0.25) is 9.59 Å². The van der Waals surface area contributed by atoms with Crippen LogP contribution in [0.5, 0.6) is 0 Å². The van der Waals surface area contributed by atoms with E-state index in [-0.39, 0.29) is 23.9 Å². The summed E-state index contributed by atoms with van der Waals surface area (Å²) in [6.07, 6.45) is 4.27. The molecule has 0 aromatic heterocycles. The molecular weight excluding hydrogens is 228 g/mol. The van der Waals surface area contributed by atoms with E-state index < -0.39 is 5.54 Å². The number of rotatable bonds is 3. The fourth-order valence-corrected chi connectivity index (χ4v) is 3.25. The molecule has 1 saturated heterocycles. The van der Waals surface area contributed by atoms with Gasteiger partial charge in [-0.25, -0.2) is 0 Å². The molecule has 0 radical (unpaired) electrons. The van der Waals surface area contributed by atoms with Gasteiger partial charge in [0.1, 0.15) is 11.6 Å². The second-order valence-corrected chi connectivity index (χ2v) is 6.55. The summed E-state index contributed by atoms with van der Waals surface area (Å²) in [5.74, 6) is 0.937. The number of nitrogens with zero attached hydrogens (tertiary/aromatic N) is 1. The smallest absolute Gasteiger partial charge is 0.249 e. The second-order valence-electron chi connectivity index (χ2n) is 6.55. The molecule has 0 bridgehead atoms. The van der Waals surface area contributed by atoms with Crippen LogP contribution < -0.4 is 5.32 Å². The van der Waals surface area contributed by atoms with Gasteiger partial charge in [-0.15, -0.1) is 0 Å². The average Bonchev–Trinajstić information content (AvgIpc) is 3.16. The zero-order valence-corrected chi connectivity index (χ0v) is 11.4. The van der Waals surface area contributed by atoms with Gasteiger partial charge in [0.05, 0.1) is 0 Å². The van der Waals surface area contributed by atoms with Crippen LogP contribution in [0.2, 0.25) is 0 Å². The van der Waals surface area contributed by atoms with Gasteiger partial charge < -0.3 is 10.2 Å². The zero-order valence-electron chi connectivity index (χ0n) is 11.4. The number of piperazine rings is 1. The van der Waals surface area contributed by atoms with Crippen LogP contribution in [-0.2, 0) is 9.59 Å². The van der Waals surface area contributed by atoms with Gasteiger partial charge in [0.2, 0.25) is 11.8 Å². The Kier molecular flexibility index (Phi) is 2.48. The van der Waals surface area contributed by atoms with Gasteiger partial charge in [0.25, 0.3) is 0 Å². The fraction of sp³-hybridized carbons (Fsp3) is 0.857. The molecule has 0 spiro atoms. The molecule has 1 heterocycles. The third-order valence-corrected chi connectivity index (χ3v) is 4.65. The van der Waals surface area contributed by atoms with E-state index >= 15 is 0 Å². The Balaban J connectivity index is 1.93. The number of hydrogen-bond donors (Lipinski definition) is 1. The average molecular weight is 250 g/mol. The highest BCUT2D eigenvalue weighted by atomic mass is 16.2. The van der Waals surface area contributed by atoms with Crippen molar-refractivity contribution in [2.75, 3.05) is 0 Å². The number of hydrogen-bond acceptors (Lipinski definition) is 2. The maximum Gasteiger partial charge on any atom is 0.249 e. The van der Waals surface area contributed by atoms with E-state index in [1.54, 1.807) is 0 Å². The van der Waals surface area contributed by atoms with Crippen LogP contribution >= 0.6 is 0 Å². The van der Waals surface area contributed by atoms with E-state index in [0.717, 1.165) is 25.7 Å². The van der Waals surface area contributed by atoms with Crippen LogP contribution in [0.25, 0.3) is 0 Å². The normalized spacial score (nSPS) is 37.1. The Morgan fingerprint density at radius 2 is 1.83 bits per heavy atom. The molecular formula is C14H22N2O2. The molecule has 3 rings (SSSR count). The monoisotopic (exact) mass is 250 g/mol. The van der Waals surface area contributed by atoms with E-state index in [4.69, 9.17) is 0 Å². The standard InChI is InChI=1S/C14H22N2O2/c1-8(2)16-11(9-4-5-9)12(17)15-14(3,13(16)18)10-6-7-10/h8-11H,4-7H2,1-3H3,(H,15,17). The number of nitrogens with one attached hydrogen (secondary N) is 1. The highest BCUT2D eigenvalue weighted by Gasteiger charge is 2.58. The molecule has 2 amide bonds. The summed E-state index contributed by atoms with van der Waals surface area (Å²) in [6, 6.07) is -0.114. The topological polar surface area (TPSA) is 49.4 Å². The number of carbonyl (C=O) groups is 2. The Morgan fingerprint density at radius 3 is 2.28 bits per heavy atom. The van der Waals surface area contributed by atoms with Gasteiger partial charge in [0.15, 0.2) is 0 Å². The lowest BCUT2D eigenvalue weighted by Crippen LogP contribution is -2.71. The lowest BCUT2D eigenvalue weighted by Gasteiger charge is -2.46. The maximum absolute atomic E-state index is 12.8. The molecule has 2 aliphatic carbocycles. The largest absolute Gasteiger partial charge is 0.340 e. The van der Waals surface area contributed by atoms with Crippen LogP contribution in [-0.4, -0.2) is 34.3 Å². The first-order chi connectivity index (χ1) is 8.45. The van der Waals surface area contributed by atoms with Gasteiger partial charge in [0, 0.05) is 6.04 Å². The van der Waals surface area contributed by atoms with Crippen molar-refractivity contribution >= 4 is 11.8 Å². The molecule has 3 aliphatic rings. The van der Waals surface area contributed by atoms with Crippen LogP contribution in [0.3, 0.4) is 0 Å². The Hall–Kier alpha value is -1.06. The van der Waals surface area contributed by atoms with E-state index in [2.05, 4.69) is 5.32 Å². The Labute approximate surface area is 108 Å². The summed E-state index contributed by atoms with van der Waals surface area (Å²) in [5.41, 5.74) is -0.646. The van der Waals surface area contributed by atoms with Crippen LogP contribution in [0, 0.1) is 11.8 Å². The molecule has 2 unspecified atom stereocenters. The predicted molar refractivity (Wildman–Crippen MR) is 67.8 cm³/mol. The minimum Gasteiger partial charge on any atom is -0.340 e. The first-order valence-corrected chi connectivity index (χ1v) is 7.10. The van der Waals surface area contributed by atoms with E-state index in [9.17, 15) is 9.59 Å². The van der Waals surface area contributed by atoms with Crippen molar-refractivity contribution in [2.45, 2.75) is 64.1 Å². The highest BCUT2D eigenvalue weighted by molar-refractivity contribution is 6.00. The molecule has 1 aliphatic heterocycles. The molecule has 3 fully saturated rings. The molecule has 4 heteroatoms. The van der Waals surface area contributed by atoms with Crippen molar-refractivity contribution in [2.24, 2.45) is 11.8 Å². The van der Waals surface area contributed by atoms with Gasteiger partial charge in [-0.1, -0.05) is 0 Å². The molecule has 0 aromatic rings. The van der Waals surface area contributed by atoms with Gasteiger partial charge in [-0.05, 0) is 58.3 Å². The van der Waals surface area contributed by atoms with Crippen LogP contribution in [0.15, 0.2) is 0 Å². The second kappa shape index (κ2) is 3.72. The van der Waals surface area contributed by atoms with Crippen LogP contribution in [0.4, 0.5) is 0 Å². The highest BCUT2D eigenvalue weighted by Crippen LogP contribution is 2.45. The third kappa shape index (κ3) is 1.65. The summed E-state index contributed by atoms with van der Waals surface area (Å²) in [6.45, 7) is 5.93. The predicted octanol–water partition coefficient (Wildman–Crippen LogP) is 1.30. The van der Waals surface area contributed by atoms with Crippen LogP contribution in [0.1, 0.15) is 46.5 Å². The molecule has 4 nitrogen and oxygen atoms in total. The zero-order chi connectivity index (χ0) is 13.1. The molecule has 18 heavy (non-hydrogen) atoms. The summed E-state index contributed by atoms with van der Waals surface area (Å²) >= 11 is 0. The van der Waals surface area contributed by atoms with Gasteiger partial charge >= 0.3 is 0 Å². The summed E-state index contributed by atoms with van der Waals surface area (Å²) < 4.78 is 0. The van der Waals surface area contributed by atoms with Crippen molar-refractivity contribution in [3.63, 3.8) is 0 Å². The van der Waals surface area contributed by atoms with Crippen molar-refractivity contribution in [3.05, 3.63) is 0 Å². The fourth-order valence-electron chi connectivity index (χ4n) is 3.25. The van der Waals surface area contributed by atoms with Crippen molar-refractivity contribution in [1.82, 2.24) is 10.2 Å². The molecule has 2 atom stereocenters. The first kappa shape index (κ1) is 12.0. The van der Waals surface area contributed by atoms with E-state index in [1.165, 1.54) is 0 Å². The minimum atomic E-state index is -0.646. The summed E-state index contributed by atoms with van der Waals surface area (Å²) in [7, 11) is 0. The number of amides is 2. The van der Waals surface area contributed by atoms with E-state index in [0.29, 0.717) is 11.8 Å². The Bertz CT molecular complexity index is 399. The Morgan fingerprint density at radius 1 is 1.22 bits per heavy atom. The SMILES string of the molecule is CC(C)N1C(=O)C(C)(C2CC2)NC(=O)C1C1CC1. The third-order valence-electron chi connectivity index (χ3n) is 4.65.